The predicted molar refractivity (Wildman–Crippen MR) is 58.5 cm³/mol. The van der Waals surface area contributed by atoms with Crippen LogP contribution in [0.5, 0.6) is 0 Å². The van der Waals surface area contributed by atoms with Crippen molar-refractivity contribution in [2.45, 2.75) is 11.8 Å². The lowest BCUT2D eigenvalue weighted by molar-refractivity contribution is 0.610. The molecule has 0 aliphatic carbocycles. The van der Waals surface area contributed by atoms with E-state index in [1.54, 1.807) is 23.7 Å². The molecule has 1 aromatic carbocycles. The number of aryl methyl sites for hydroxylation is 2. The van der Waals surface area contributed by atoms with Gasteiger partial charge in [-0.2, -0.15) is 0 Å². The second kappa shape index (κ2) is 3.21. The first-order chi connectivity index (χ1) is 6.91. The summed E-state index contributed by atoms with van der Waals surface area (Å²) in [6.45, 7) is 1.81. The van der Waals surface area contributed by atoms with Gasteiger partial charge < -0.3 is 4.57 Å². The van der Waals surface area contributed by atoms with Gasteiger partial charge in [-0.25, -0.2) is 13.4 Å². The summed E-state index contributed by atoms with van der Waals surface area (Å²) >= 11 is 0. The second-order valence-corrected chi connectivity index (χ2v) is 5.81. The van der Waals surface area contributed by atoms with E-state index < -0.39 is 9.05 Å². The molecule has 1 heterocycles. The normalized spacial score (nSPS) is 12.2. The van der Waals surface area contributed by atoms with Gasteiger partial charge in [0.25, 0.3) is 9.05 Å². The Morgan fingerprint density at radius 3 is 2.67 bits per heavy atom. The lowest BCUT2D eigenvalue weighted by Gasteiger charge is -2.01. The average Bonchev–Trinajstić information content (AvgIpc) is 2.41. The molecule has 80 valence electrons. The van der Waals surface area contributed by atoms with E-state index in [1.165, 1.54) is 6.07 Å². The molecule has 0 unspecified atom stereocenters. The van der Waals surface area contributed by atoms with Crippen molar-refractivity contribution in [2.75, 3.05) is 0 Å². The molecule has 2 rings (SSSR count). The van der Waals surface area contributed by atoms with Gasteiger partial charge >= 0.3 is 0 Å². The van der Waals surface area contributed by atoms with Crippen molar-refractivity contribution in [3.63, 3.8) is 0 Å². The number of rotatable bonds is 1. The summed E-state index contributed by atoms with van der Waals surface area (Å²) in [4.78, 5) is 4.33. The fraction of sp³-hybridized carbons (Fsp3) is 0.222. The molecule has 15 heavy (non-hydrogen) atoms. The van der Waals surface area contributed by atoms with E-state index in [1.807, 2.05) is 6.92 Å². The molecule has 0 fully saturated rings. The summed E-state index contributed by atoms with van der Waals surface area (Å²) in [5.41, 5.74) is 1.18. The molecule has 1 aromatic heterocycles. The monoisotopic (exact) mass is 244 g/mol. The lowest BCUT2D eigenvalue weighted by Crippen LogP contribution is -1.97. The number of benzene rings is 1. The first-order valence-corrected chi connectivity index (χ1v) is 6.59. The standard InChI is InChI=1S/C9H9ClN2O2S/c1-6-11-7-4-3-5-8(15(10,13)14)9(7)12(6)2/h3-5H,1-2H3. The third-order valence-electron chi connectivity index (χ3n) is 2.34. The Labute approximate surface area is 91.9 Å². The smallest absolute Gasteiger partial charge is 0.263 e. The van der Waals surface area contributed by atoms with Gasteiger partial charge in [-0.3, -0.25) is 0 Å². The van der Waals surface area contributed by atoms with Gasteiger partial charge in [0.05, 0.1) is 11.0 Å². The fourth-order valence-electron chi connectivity index (χ4n) is 1.55. The number of hydrogen-bond donors (Lipinski definition) is 0. The van der Waals surface area contributed by atoms with Gasteiger partial charge in [0, 0.05) is 17.7 Å². The van der Waals surface area contributed by atoms with Crippen LogP contribution in [-0.2, 0) is 16.1 Å². The van der Waals surface area contributed by atoms with E-state index >= 15 is 0 Å². The van der Waals surface area contributed by atoms with Crippen LogP contribution in [0.3, 0.4) is 0 Å². The van der Waals surface area contributed by atoms with Crippen molar-refractivity contribution >= 4 is 30.8 Å². The molecule has 0 spiro atoms. The van der Waals surface area contributed by atoms with Crippen LogP contribution in [0.15, 0.2) is 23.1 Å². The van der Waals surface area contributed by atoms with Crippen LogP contribution >= 0.6 is 10.7 Å². The molecule has 4 nitrogen and oxygen atoms in total. The van der Waals surface area contributed by atoms with Crippen LogP contribution in [0, 0.1) is 6.92 Å². The number of para-hydroxylation sites is 1. The van der Waals surface area contributed by atoms with Crippen molar-refractivity contribution < 1.29 is 8.42 Å². The van der Waals surface area contributed by atoms with Crippen molar-refractivity contribution in [2.24, 2.45) is 7.05 Å². The first-order valence-electron chi connectivity index (χ1n) is 4.28. The molecule has 0 amide bonds. The van der Waals surface area contributed by atoms with E-state index in [2.05, 4.69) is 4.98 Å². The Bertz CT molecular complexity index is 631. The first kappa shape index (κ1) is 10.4. The Morgan fingerprint density at radius 2 is 2.07 bits per heavy atom. The third kappa shape index (κ3) is 1.61. The zero-order chi connectivity index (χ0) is 11.2. The molecular formula is C9H9ClN2O2S. The molecular weight excluding hydrogens is 236 g/mol. The Balaban J connectivity index is 2.99. The Kier molecular flexibility index (Phi) is 2.24. The highest BCUT2D eigenvalue weighted by Gasteiger charge is 2.17. The summed E-state index contributed by atoms with van der Waals surface area (Å²) < 4.78 is 24.4. The number of fused-ring (bicyclic) bond motifs is 1. The Morgan fingerprint density at radius 1 is 1.40 bits per heavy atom. The van der Waals surface area contributed by atoms with Crippen LogP contribution in [0.25, 0.3) is 11.0 Å². The van der Waals surface area contributed by atoms with Gasteiger partial charge in [0.15, 0.2) is 0 Å². The largest absolute Gasteiger partial charge is 0.330 e. The van der Waals surface area contributed by atoms with Gasteiger partial charge in [0.2, 0.25) is 0 Å². The molecule has 0 aliphatic heterocycles. The highest BCUT2D eigenvalue weighted by atomic mass is 35.7. The third-order valence-corrected chi connectivity index (χ3v) is 3.70. The van der Waals surface area contributed by atoms with E-state index in [4.69, 9.17) is 10.7 Å². The highest BCUT2D eigenvalue weighted by Crippen LogP contribution is 2.25. The van der Waals surface area contributed by atoms with Gasteiger partial charge in [-0.1, -0.05) is 6.07 Å². The van der Waals surface area contributed by atoms with Crippen LogP contribution in [-0.4, -0.2) is 18.0 Å². The topological polar surface area (TPSA) is 52.0 Å². The predicted octanol–water partition coefficient (Wildman–Crippen LogP) is 1.81. The quantitative estimate of drug-likeness (QED) is 0.719. The maximum Gasteiger partial charge on any atom is 0.263 e. The molecule has 0 radical (unpaired) electrons. The molecule has 0 atom stereocenters. The minimum absolute atomic E-state index is 0.102. The van der Waals surface area contributed by atoms with E-state index in [0.29, 0.717) is 11.0 Å². The van der Waals surface area contributed by atoms with Crippen LogP contribution in [0.1, 0.15) is 5.82 Å². The molecule has 0 bridgehead atoms. The average molecular weight is 245 g/mol. The number of nitrogens with zero attached hydrogens (tertiary/aromatic N) is 2. The van der Waals surface area contributed by atoms with Gasteiger partial charge in [-0.15, -0.1) is 0 Å². The molecule has 0 saturated carbocycles. The van der Waals surface area contributed by atoms with Crippen molar-refractivity contribution in [1.82, 2.24) is 9.55 Å². The fourth-order valence-corrected chi connectivity index (χ4v) is 2.63. The molecule has 0 aliphatic rings. The maximum absolute atomic E-state index is 11.3. The molecule has 2 aromatic rings. The SMILES string of the molecule is Cc1nc2cccc(S(=O)(=O)Cl)c2n1C. The summed E-state index contributed by atoms with van der Waals surface area (Å²) in [7, 11) is 3.38. The molecule has 6 heteroatoms. The molecule has 0 saturated heterocycles. The maximum atomic E-state index is 11.3. The number of aromatic nitrogens is 2. The minimum Gasteiger partial charge on any atom is -0.330 e. The summed E-state index contributed by atoms with van der Waals surface area (Å²) in [6, 6.07) is 4.86. The van der Waals surface area contributed by atoms with Crippen LogP contribution in [0.2, 0.25) is 0 Å². The number of imidazole rings is 1. The Hall–Kier alpha value is -1.07. The van der Waals surface area contributed by atoms with E-state index in [0.717, 1.165) is 5.82 Å². The van der Waals surface area contributed by atoms with Crippen LogP contribution in [0.4, 0.5) is 0 Å². The zero-order valence-corrected chi connectivity index (χ0v) is 9.80. The highest BCUT2D eigenvalue weighted by molar-refractivity contribution is 8.14. The summed E-state index contributed by atoms with van der Waals surface area (Å²) in [6.07, 6.45) is 0. The number of halogens is 1. The lowest BCUT2D eigenvalue weighted by atomic mass is 10.3. The summed E-state index contributed by atoms with van der Waals surface area (Å²) in [5, 5.41) is 0. The van der Waals surface area contributed by atoms with Crippen LogP contribution < -0.4 is 0 Å². The van der Waals surface area contributed by atoms with E-state index in [9.17, 15) is 8.42 Å². The zero-order valence-electron chi connectivity index (χ0n) is 8.23. The minimum atomic E-state index is -3.73. The van der Waals surface area contributed by atoms with E-state index in [-0.39, 0.29) is 4.90 Å². The number of hydrogen-bond acceptors (Lipinski definition) is 3. The van der Waals surface area contributed by atoms with Gasteiger partial charge in [0.1, 0.15) is 10.7 Å². The van der Waals surface area contributed by atoms with Crippen molar-refractivity contribution in [3.05, 3.63) is 24.0 Å². The van der Waals surface area contributed by atoms with Crippen molar-refractivity contribution in [3.8, 4) is 0 Å². The second-order valence-electron chi connectivity index (χ2n) is 3.28. The van der Waals surface area contributed by atoms with Crippen molar-refractivity contribution in [1.29, 1.82) is 0 Å². The summed E-state index contributed by atoms with van der Waals surface area (Å²) in [5.74, 6) is 0.748. The molecule has 0 N–H and O–H groups in total. The van der Waals surface area contributed by atoms with Gasteiger partial charge in [-0.05, 0) is 19.1 Å².